The molecule has 1 N–H and O–H groups in total. The van der Waals surface area contributed by atoms with E-state index in [0.29, 0.717) is 17.9 Å². The smallest absolute Gasteiger partial charge is 0.256 e. The molecule has 0 spiro atoms. The van der Waals surface area contributed by atoms with Crippen molar-refractivity contribution in [3.63, 3.8) is 0 Å². The number of pyridine rings is 1. The van der Waals surface area contributed by atoms with Crippen molar-refractivity contribution < 1.29 is 4.79 Å². The molecule has 4 rings (SSSR count). The number of carbonyl (C=O) groups is 1. The Morgan fingerprint density at radius 1 is 1.19 bits per heavy atom. The van der Waals surface area contributed by atoms with E-state index in [1.165, 1.54) is 6.33 Å². The second kappa shape index (κ2) is 7.16. The fraction of sp³-hybridized carbons (Fsp3) is 0.111. The van der Waals surface area contributed by atoms with Crippen LogP contribution in [0, 0.1) is 6.92 Å². The first-order chi connectivity index (χ1) is 13.2. The lowest BCUT2D eigenvalue weighted by Gasteiger charge is -2.07. The quantitative estimate of drug-likeness (QED) is 0.583. The van der Waals surface area contributed by atoms with Crippen LogP contribution in [0.3, 0.4) is 0 Å². The molecular weight excluding hydrogens is 344 g/mol. The average molecular weight is 360 g/mol. The van der Waals surface area contributed by atoms with Crippen LogP contribution in [-0.2, 0) is 6.54 Å². The maximum Gasteiger partial charge on any atom is 0.256 e. The van der Waals surface area contributed by atoms with E-state index in [9.17, 15) is 4.79 Å². The molecule has 0 aliphatic heterocycles. The van der Waals surface area contributed by atoms with Crippen LogP contribution in [-0.4, -0.2) is 40.9 Å². The summed E-state index contributed by atoms with van der Waals surface area (Å²) in [7, 11) is 0. The van der Waals surface area contributed by atoms with Crippen LogP contribution in [0.5, 0.6) is 0 Å². The second-order valence-corrected chi connectivity index (χ2v) is 5.93. The molecule has 9 nitrogen and oxygen atoms in total. The molecule has 134 valence electrons. The van der Waals surface area contributed by atoms with Crippen molar-refractivity contribution in [1.82, 2.24) is 35.0 Å². The molecule has 3 heterocycles. The van der Waals surface area contributed by atoms with Crippen LogP contribution >= 0.6 is 0 Å². The summed E-state index contributed by atoms with van der Waals surface area (Å²) in [5.74, 6) is 0.252. The van der Waals surface area contributed by atoms with E-state index in [0.717, 1.165) is 16.9 Å². The van der Waals surface area contributed by atoms with Gasteiger partial charge in [-0.25, -0.2) is 4.68 Å². The van der Waals surface area contributed by atoms with E-state index < -0.39 is 0 Å². The largest absolute Gasteiger partial charge is 0.305 e. The van der Waals surface area contributed by atoms with Gasteiger partial charge in [-0.05, 0) is 53.2 Å². The van der Waals surface area contributed by atoms with E-state index >= 15 is 0 Å². The third-order valence-electron chi connectivity index (χ3n) is 3.99. The zero-order valence-electron chi connectivity index (χ0n) is 14.5. The zero-order chi connectivity index (χ0) is 18.6. The topological polar surface area (TPSA) is 103 Å². The first-order valence-corrected chi connectivity index (χ1v) is 8.28. The first kappa shape index (κ1) is 16.6. The number of nitrogens with zero attached hydrogens (tertiary/aromatic N) is 7. The summed E-state index contributed by atoms with van der Waals surface area (Å²) in [6, 6.07) is 12.8. The number of amides is 1. The summed E-state index contributed by atoms with van der Waals surface area (Å²) in [6.07, 6.45) is 5.05. The van der Waals surface area contributed by atoms with Gasteiger partial charge in [0.2, 0.25) is 0 Å². The Bertz CT molecular complexity index is 1060. The van der Waals surface area contributed by atoms with Gasteiger partial charge in [-0.1, -0.05) is 6.07 Å². The van der Waals surface area contributed by atoms with Gasteiger partial charge < -0.3 is 5.32 Å². The van der Waals surface area contributed by atoms with Gasteiger partial charge in [-0.15, -0.1) is 5.10 Å². The highest BCUT2D eigenvalue weighted by Gasteiger charge is 2.11. The highest BCUT2D eigenvalue weighted by Crippen LogP contribution is 2.16. The van der Waals surface area contributed by atoms with Gasteiger partial charge in [0, 0.05) is 24.0 Å². The summed E-state index contributed by atoms with van der Waals surface area (Å²) in [5, 5.41) is 18.3. The summed E-state index contributed by atoms with van der Waals surface area (Å²) in [5.41, 5.74) is 3.13. The molecule has 1 amide bonds. The number of benzene rings is 1. The zero-order valence-corrected chi connectivity index (χ0v) is 14.5. The van der Waals surface area contributed by atoms with E-state index in [-0.39, 0.29) is 5.91 Å². The molecule has 0 radical (unpaired) electrons. The monoisotopic (exact) mass is 360 g/mol. The van der Waals surface area contributed by atoms with Gasteiger partial charge in [0.05, 0.1) is 17.9 Å². The lowest BCUT2D eigenvalue weighted by atomic mass is 10.1. The molecule has 0 atom stereocenters. The lowest BCUT2D eigenvalue weighted by molar-refractivity contribution is 0.102. The van der Waals surface area contributed by atoms with Gasteiger partial charge in [0.1, 0.15) is 6.33 Å². The molecule has 1 aromatic carbocycles. The fourth-order valence-electron chi connectivity index (χ4n) is 2.69. The minimum Gasteiger partial charge on any atom is -0.305 e. The maximum atomic E-state index is 12.5. The molecule has 0 saturated heterocycles. The van der Waals surface area contributed by atoms with Crippen molar-refractivity contribution in [3.8, 4) is 5.69 Å². The molecule has 4 aromatic rings. The third-order valence-corrected chi connectivity index (χ3v) is 3.99. The van der Waals surface area contributed by atoms with Crippen molar-refractivity contribution in [2.24, 2.45) is 0 Å². The molecular formula is C18H16N8O. The Labute approximate surface area is 154 Å². The van der Waals surface area contributed by atoms with E-state index in [2.05, 4.69) is 30.9 Å². The van der Waals surface area contributed by atoms with E-state index in [1.54, 1.807) is 46.0 Å². The summed E-state index contributed by atoms with van der Waals surface area (Å²) in [4.78, 5) is 16.8. The Morgan fingerprint density at radius 3 is 2.85 bits per heavy atom. The van der Waals surface area contributed by atoms with Crippen molar-refractivity contribution in [2.45, 2.75) is 13.5 Å². The standard InChI is InChI=1S/C18H16N8O/c1-13-10-14(5-6-16(13)26-12-20-23-24-26)18(27)21-17-7-9-25(22-17)11-15-4-2-3-8-19-15/h2-10,12H,11H2,1H3,(H,21,22,27). The number of nitrogens with one attached hydrogen (secondary N) is 1. The van der Waals surface area contributed by atoms with Gasteiger partial charge in [-0.3, -0.25) is 14.5 Å². The van der Waals surface area contributed by atoms with Crippen LogP contribution in [0.2, 0.25) is 0 Å². The molecule has 9 heteroatoms. The van der Waals surface area contributed by atoms with Gasteiger partial charge >= 0.3 is 0 Å². The van der Waals surface area contributed by atoms with Crippen LogP contribution in [0.15, 0.2) is 61.2 Å². The molecule has 0 saturated carbocycles. The Kier molecular flexibility index (Phi) is 4.40. The van der Waals surface area contributed by atoms with Gasteiger partial charge in [-0.2, -0.15) is 5.10 Å². The van der Waals surface area contributed by atoms with Crippen molar-refractivity contribution in [1.29, 1.82) is 0 Å². The highest BCUT2D eigenvalue weighted by atomic mass is 16.1. The predicted octanol–water partition coefficient (Wildman–Crippen LogP) is 1.86. The molecule has 0 fully saturated rings. The predicted molar refractivity (Wildman–Crippen MR) is 97.4 cm³/mol. The number of rotatable bonds is 5. The second-order valence-electron chi connectivity index (χ2n) is 5.93. The third kappa shape index (κ3) is 3.71. The van der Waals surface area contributed by atoms with E-state index in [1.807, 2.05) is 25.1 Å². The molecule has 0 aliphatic carbocycles. The van der Waals surface area contributed by atoms with Crippen LogP contribution < -0.4 is 5.32 Å². The minimum absolute atomic E-state index is 0.232. The maximum absolute atomic E-state index is 12.5. The number of aryl methyl sites for hydroxylation is 1. The average Bonchev–Trinajstić information content (AvgIpc) is 3.35. The summed E-state index contributed by atoms with van der Waals surface area (Å²) < 4.78 is 3.28. The highest BCUT2D eigenvalue weighted by molar-refractivity contribution is 6.04. The summed E-state index contributed by atoms with van der Waals surface area (Å²) >= 11 is 0. The Balaban J connectivity index is 1.46. The van der Waals surface area contributed by atoms with Crippen LogP contribution in [0.25, 0.3) is 5.69 Å². The number of aromatic nitrogens is 7. The van der Waals surface area contributed by atoms with Gasteiger partial charge in [0.15, 0.2) is 5.82 Å². The molecule has 0 unspecified atom stereocenters. The fourth-order valence-corrected chi connectivity index (χ4v) is 2.69. The number of hydrogen-bond donors (Lipinski definition) is 1. The molecule has 0 bridgehead atoms. The Hall–Kier alpha value is -3.88. The van der Waals surface area contributed by atoms with Crippen molar-refractivity contribution in [3.05, 3.63) is 78.0 Å². The van der Waals surface area contributed by atoms with Crippen molar-refractivity contribution in [2.75, 3.05) is 5.32 Å². The van der Waals surface area contributed by atoms with Crippen LogP contribution in [0.1, 0.15) is 21.6 Å². The Morgan fingerprint density at radius 2 is 2.11 bits per heavy atom. The van der Waals surface area contributed by atoms with Crippen molar-refractivity contribution >= 4 is 11.7 Å². The molecule has 0 aliphatic rings. The molecule has 27 heavy (non-hydrogen) atoms. The first-order valence-electron chi connectivity index (χ1n) is 8.28. The van der Waals surface area contributed by atoms with E-state index in [4.69, 9.17) is 0 Å². The lowest BCUT2D eigenvalue weighted by Crippen LogP contribution is -2.13. The summed E-state index contributed by atoms with van der Waals surface area (Å²) in [6.45, 7) is 2.44. The minimum atomic E-state index is -0.232. The molecule has 3 aromatic heterocycles. The SMILES string of the molecule is Cc1cc(C(=O)Nc2ccn(Cc3ccccn3)n2)ccc1-n1cnnn1. The normalized spacial score (nSPS) is 10.7. The van der Waals surface area contributed by atoms with Gasteiger partial charge in [0.25, 0.3) is 5.91 Å². The number of tetrazole rings is 1. The number of carbonyl (C=O) groups excluding carboxylic acids is 1. The number of hydrogen-bond acceptors (Lipinski definition) is 6. The number of anilines is 1. The van der Waals surface area contributed by atoms with Crippen LogP contribution in [0.4, 0.5) is 5.82 Å².